The molecule has 2 amide bonds. The number of carbonyl (C=O) groups excluding carboxylic acids is 2. The summed E-state index contributed by atoms with van der Waals surface area (Å²) in [7, 11) is -4.37. The van der Waals surface area contributed by atoms with Gasteiger partial charge < -0.3 is 15.1 Å². The van der Waals surface area contributed by atoms with E-state index in [2.05, 4.69) is 20.6 Å². The molecule has 35 heavy (non-hydrogen) atoms. The third-order valence-electron chi connectivity index (χ3n) is 5.45. The summed E-state index contributed by atoms with van der Waals surface area (Å²) in [5, 5.41) is 5.77. The average Bonchev–Trinajstić information content (AvgIpc) is 3.50. The van der Waals surface area contributed by atoms with Crippen molar-refractivity contribution in [3.8, 4) is 11.5 Å². The smallest absolute Gasteiger partial charge is 0.281 e. The third-order valence-corrected chi connectivity index (χ3v) is 8.84. The van der Waals surface area contributed by atoms with Crippen LogP contribution in [0, 0.1) is 5.92 Å². The van der Waals surface area contributed by atoms with Gasteiger partial charge in [0.15, 0.2) is 5.82 Å². The Labute approximate surface area is 211 Å². The highest BCUT2D eigenvalue weighted by molar-refractivity contribution is 7.95. The van der Waals surface area contributed by atoms with Crippen molar-refractivity contribution in [1.82, 2.24) is 15.3 Å². The molecule has 0 radical (unpaired) electrons. The van der Waals surface area contributed by atoms with Crippen LogP contribution in [0.1, 0.15) is 32.4 Å². The lowest BCUT2D eigenvalue weighted by Gasteiger charge is -2.29. The second-order valence-electron chi connectivity index (χ2n) is 7.95. The van der Waals surface area contributed by atoms with Crippen molar-refractivity contribution in [2.75, 3.05) is 22.7 Å². The molecule has 3 aromatic rings. The van der Waals surface area contributed by atoms with Crippen LogP contribution in [0.3, 0.4) is 0 Å². The van der Waals surface area contributed by atoms with Gasteiger partial charge in [-0.15, -0.1) is 11.3 Å². The number of sulfonamides is 1. The highest BCUT2D eigenvalue weighted by Gasteiger charge is 2.39. The summed E-state index contributed by atoms with van der Waals surface area (Å²) in [6.45, 7) is 4.37. The van der Waals surface area contributed by atoms with Gasteiger partial charge >= 0.3 is 0 Å². The molecule has 2 N–H and O–H groups in total. The van der Waals surface area contributed by atoms with Crippen LogP contribution in [0.4, 0.5) is 11.5 Å². The predicted molar refractivity (Wildman–Crippen MR) is 133 cm³/mol. The average molecular weight is 538 g/mol. The molecule has 0 aromatic carbocycles. The van der Waals surface area contributed by atoms with Gasteiger partial charge in [0.25, 0.3) is 10.0 Å². The summed E-state index contributed by atoms with van der Waals surface area (Å²) in [6, 6.07) is 4.29. The number of thiophene rings is 1. The minimum absolute atomic E-state index is 0.0414. The fourth-order valence-electron chi connectivity index (χ4n) is 3.72. The molecule has 0 bridgehead atoms. The van der Waals surface area contributed by atoms with E-state index in [1.807, 2.05) is 6.92 Å². The number of oxazole rings is 1. The van der Waals surface area contributed by atoms with Gasteiger partial charge in [-0.3, -0.25) is 9.59 Å². The van der Waals surface area contributed by atoms with Crippen LogP contribution in [-0.2, 0) is 26.0 Å². The van der Waals surface area contributed by atoms with Crippen LogP contribution in [0.25, 0.3) is 11.5 Å². The second kappa shape index (κ2) is 10.4. The van der Waals surface area contributed by atoms with E-state index in [1.54, 1.807) is 6.20 Å². The molecule has 0 unspecified atom stereocenters. The Kier molecular flexibility index (Phi) is 7.55. The number of anilines is 2. The summed E-state index contributed by atoms with van der Waals surface area (Å²) in [5.41, 5.74) is 0.461. The van der Waals surface area contributed by atoms with Crippen LogP contribution in [0.5, 0.6) is 0 Å². The van der Waals surface area contributed by atoms with Crippen molar-refractivity contribution in [3.63, 3.8) is 0 Å². The molecule has 186 valence electrons. The molecular weight excluding hydrogens is 514 g/mol. The maximum Gasteiger partial charge on any atom is 0.281 e. The molecule has 0 saturated carbocycles. The highest BCUT2D eigenvalue weighted by Crippen LogP contribution is 2.37. The van der Waals surface area contributed by atoms with Crippen molar-refractivity contribution in [2.45, 2.75) is 37.3 Å². The Balaban J connectivity index is 1.86. The fraction of sp³-hybridized carbons (Fsp3) is 0.364. The summed E-state index contributed by atoms with van der Waals surface area (Å²) < 4.78 is 34.0. The van der Waals surface area contributed by atoms with Crippen molar-refractivity contribution < 1.29 is 22.4 Å². The van der Waals surface area contributed by atoms with Crippen LogP contribution in [-0.4, -0.2) is 43.3 Å². The molecule has 10 nitrogen and oxygen atoms in total. The number of nitrogens with zero attached hydrogens (tertiary/aromatic N) is 3. The Morgan fingerprint density at radius 3 is 2.60 bits per heavy atom. The largest absolute Gasteiger partial charge is 0.441 e. The first-order valence-corrected chi connectivity index (χ1v) is 13.6. The Hall–Kier alpha value is -2.80. The minimum atomic E-state index is -4.37. The van der Waals surface area contributed by atoms with E-state index >= 15 is 0 Å². The van der Waals surface area contributed by atoms with E-state index < -0.39 is 27.8 Å². The molecule has 1 aliphatic rings. The van der Waals surface area contributed by atoms with Crippen LogP contribution < -0.4 is 14.9 Å². The zero-order chi connectivity index (χ0) is 25.2. The van der Waals surface area contributed by atoms with Gasteiger partial charge in [0.05, 0.1) is 21.8 Å². The first-order chi connectivity index (χ1) is 16.7. The quantitative estimate of drug-likeness (QED) is 0.466. The summed E-state index contributed by atoms with van der Waals surface area (Å²) >= 11 is 6.84. The highest BCUT2D eigenvalue weighted by atomic mass is 35.5. The molecule has 1 aliphatic heterocycles. The van der Waals surface area contributed by atoms with E-state index in [1.165, 1.54) is 31.3 Å². The number of pyridine rings is 1. The SMILES string of the molecule is CCc1cnc(-c2cnc(N(C(=O)C3CCNCC3)S(=O)(=O)c3ccc(Cl)s3)c(NC(C)=O)c2)o1. The molecule has 1 fully saturated rings. The van der Waals surface area contributed by atoms with E-state index in [4.69, 9.17) is 16.0 Å². The number of hydrogen-bond donors (Lipinski definition) is 2. The molecule has 4 rings (SSSR count). The summed E-state index contributed by atoms with van der Waals surface area (Å²) in [5.74, 6) is -0.905. The van der Waals surface area contributed by atoms with Gasteiger partial charge in [0.2, 0.25) is 17.7 Å². The number of aryl methyl sites for hydroxylation is 1. The van der Waals surface area contributed by atoms with Gasteiger partial charge in [-0.2, -0.15) is 12.7 Å². The summed E-state index contributed by atoms with van der Waals surface area (Å²) in [6.07, 6.45) is 4.53. The third kappa shape index (κ3) is 5.40. The Morgan fingerprint density at radius 1 is 1.26 bits per heavy atom. The van der Waals surface area contributed by atoms with Crippen LogP contribution in [0.15, 0.2) is 39.2 Å². The van der Waals surface area contributed by atoms with Gasteiger partial charge in [-0.25, -0.2) is 9.97 Å². The van der Waals surface area contributed by atoms with Gasteiger partial charge in [-0.1, -0.05) is 18.5 Å². The number of nitrogens with one attached hydrogen (secondary N) is 2. The number of amides is 2. The second-order valence-corrected chi connectivity index (χ2v) is 11.7. The zero-order valence-corrected chi connectivity index (χ0v) is 21.5. The number of carbonyl (C=O) groups is 2. The number of halogens is 1. The Bertz CT molecular complexity index is 1350. The predicted octanol–water partition coefficient (Wildman–Crippen LogP) is 3.69. The molecule has 0 spiro atoms. The maximum atomic E-state index is 13.7. The van der Waals surface area contributed by atoms with E-state index in [9.17, 15) is 18.0 Å². The monoisotopic (exact) mass is 537 g/mol. The van der Waals surface area contributed by atoms with E-state index in [0.29, 0.717) is 48.0 Å². The lowest BCUT2D eigenvalue weighted by molar-refractivity contribution is -0.122. The molecule has 0 atom stereocenters. The number of rotatable bonds is 7. The maximum absolute atomic E-state index is 13.7. The van der Waals surface area contributed by atoms with Gasteiger partial charge in [0.1, 0.15) is 9.97 Å². The normalized spacial score (nSPS) is 14.6. The van der Waals surface area contributed by atoms with Crippen molar-refractivity contribution >= 4 is 56.3 Å². The molecule has 0 aliphatic carbocycles. The molecule has 4 heterocycles. The van der Waals surface area contributed by atoms with Crippen molar-refractivity contribution in [2.24, 2.45) is 5.92 Å². The van der Waals surface area contributed by atoms with Gasteiger partial charge in [0, 0.05) is 25.5 Å². The van der Waals surface area contributed by atoms with E-state index in [0.717, 1.165) is 11.3 Å². The lowest BCUT2D eigenvalue weighted by atomic mass is 9.97. The number of piperidine rings is 1. The van der Waals surface area contributed by atoms with E-state index in [-0.39, 0.29) is 25.9 Å². The molecule has 1 saturated heterocycles. The topological polar surface area (TPSA) is 134 Å². The molecule has 13 heteroatoms. The number of aromatic nitrogens is 2. The van der Waals surface area contributed by atoms with Gasteiger partial charge in [-0.05, 0) is 44.1 Å². The minimum Gasteiger partial charge on any atom is -0.441 e. The lowest BCUT2D eigenvalue weighted by Crippen LogP contribution is -2.44. The van der Waals surface area contributed by atoms with Crippen LogP contribution >= 0.6 is 22.9 Å². The molecule has 3 aromatic heterocycles. The Morgan fingerprint density at radius 2 is 2.00 bits per heavy atom. The first-order valence-electron chi connectivity index (χ1n) is 11.0. The van der Waals surface area contributed by atoms with Crippen molar-refractivity contribution in [1.29, 1.82) is 0 Å². The molecular formula is C22H24ClN5O5S2. The van der Waals surface area contributed by atoms with Crippen LogP contribution in [0.2, 0.25) is 4.34 Å². The number of hydrogen-bond acceptors (Lipinski definition) is 9. The summed E-state index contributed by atoms with van der Waals surface area (Å²) in [4.78, 5) is 34.2. The van der Waals surface area contributed by atoms with Crippen molar-refractivity contribution in [3.05, 3.63) is 40.7 Å². The first kappa shape index (κ1) is 25.3. The fourth-order valence-corrected chi connectivity index (χ4v) is 6.73. The standard InChI is InChI=1S/C22H24ClN5O5S2/c1-3-16-12-26-21(33-16)15-10-17(27-13(2)29)20(25-11-15)28(22(30)14-6-8-24-9-7-14)35(31,32)19-5-4-18(23)34-19/h4-5,10-12,14,24H,3,6-9H2,1-2H3,(H,27,29). The zero-order valence-electron chi connectivity index (χ0n) is 19.1.